The van der Waals surface area contributed by atoms with Gasteiger partial charge in [0.25, 0.3) is 10.0 Å². The molecule has 0 saturated carbocycles. The zero-order valence-corrected chi connectivity index (χ0v) is 11.8. The standard InChI is InChI=1S/C11H9FN2O4S2/c1-6-5-19-9(11(15)16)8(6)14-20(17,18)10-7(12)3-2-4-13-10/h2-5,14H,1H3,(H,15,16). The van der Waals surface area contributed by atoms with Crippen molar-refractivity contribution in [3.8, 4) is 0 Å². The van der Waals surface area contributed by atoms with Crippen molar-refractivity contribution >= 4 is 33.0 Å². The fourth-order valence-corrected chi connectivity index (χ4v) is 3.54. The maximum Gasteiger partial charge on any atom is 0.348 e. The molecule has 2 heterocycles. The fraction of sp³-hybridized carbons (Fsp3) is 0.0909. The fourth-order valence-electron chi connectivity index (χ4n) is 1.48. The average molecular weight is 316 g/mol. The Bertz CT molecular complexity index is 770. The van der Waals surface area contributed by atoms with Crippen LogP contribution in [0.5, 0.6) is 0 Å². The molecule has 0 spiro atoms. The van der Waals surface area contributed by atoms with Crippen molar-refractivity contribution in [2.45, 2.75) is 11.9 Å². The van der Waals surface area contributed by atoms with Crippen LogP contribution in [-0.2, 0) is 10.0 Å². The molecule has 0 aromatic carbocycles. The van der Waals surface area contributed by atoms with E-state index in [0.29, 0.717) is 5.56 Å². The lowest BCUT2D eigenvalue weighted by atomic mass is 10.3. The van der Waals surface area contributed by atoms with Gasteiger partial charge in [0, 0.05) is 6.20 Å². The van der Waals surface area contributed by atoms with Gasteiger partial charge in [0.2, 0.25) is 5.03 Å². The molecule has 0 unspecified atom stereocenters. The molecule has 0 fully saturated rings. The van der Waals surface area contributed by atoms with Gasteiger partial charge in [-0.05, 0) is 30.0 Å². The van der Waals surface area contributed by atoms with Crippen LogP contribution in [0.15, 0.2) is 28.7 Å². The van der Waals surface area contributed by atoms with Crippen LogP contribution in [0.25, 0.3) is 0 Å². The Morgan fingerprint density at radius 3 is 2.80 bits per heavy atom. The van der Waals surface area contributed by atoms with Gasteiger partial charge in [0.1, 0.15) is 4.88 Å². The Hall–Kier alpha value is -2.00. The summed E-state index contributed by atoms with van der Waals surface area (Å²) in [6, 6.07) is 2.22. The first-order chi connectivity index (χ1) is 9.33. The minimum Gasteiger partial charge on any atom is -0.477 e. The summed E-state index contributed by atoms with van der Waals surface area (Å²) in [5.74, 6) is -2.27. The van der Waals surface area contributed by atoms with E-state index in [-0.39, 0.29) is 10.6 Å². The number of nitrogens with zero attached hydrogens (tertiary/aromatic N) is 1. The Kier molecular flexibility index (Phi) is 3.73. The number of nitrogens with one attached hydrogen (secondary N) is 1. The van der Waals surface area contributed by atoms with E-state index in [1.807, 2.05) is 0 Å². The number of halogens is 1. The SMILES string of the molecule is Cc1csc(C(=O)O)c1NS(=O)(=O)c1ncccc1F. The van der Waals surface area contributed by atoms with E-state index < -0.39 is 26.8 Å². The average Bonchev–Trinajstić information content (AvgIpc) is 2.71. The number of aryl methyl sites for hydroxylation is 1. The van der Waals surface area contributed by atoms with Crippen molar-refractivity contribution < 1.29 is 22.7 Å². The second-order valence-electron chi connectivity index (χ2n) is 3.82. The van der Waals surface area contributed by atoms with Crippen molar-refractivity contribution in [1.29, 1.82) is 0 Å². The molecule has 0 aliphatic rings. The van der Waals surface area contributed by atoms with Crippen LogP contribution < -0.4 is 4.72 Å². The molecule has 2 N–H and O–H groups in total. The zero-order valence-electron chi connectivity index (χ0n) is 10.1. The number of pyridine rings is 1. The van der Waals surface area contributed by atoms with Gasteiger partial charge in [0.15, 0.2) is 5.82 Å². The number of carboxylic acid groups (broad SMARTS) is 1. The molecule has 0 radical (unpaired) electrons. The highest BCUT2D eigenvalue weighted by Gasteiger charge is 2.25. The van der Waals surface area contributed by atoms with Crippen LogP contribution in [0.3, 0.4) is 0 Å². The number of hydrogen-bond acceptors (Lipinski definition) is 5. The summed E-state index contributed by atoms with van der Waals surface area (Å²) in [6.45, 7) is 1.55. The minimum absolute atomic E-state index is 0.0763. The summed E-state index contributed by atoms with van der Waals surface area (Å²) < 4.78 is 39.6. The molecule has 106 valence electrons. The first-order valence-electron chi connectivity index (χ1n) is 5.27. The van der Waals surface area contributed by atoms with E-state index in [9.17, 15) is 17.6 Å². The number of carboxylic acids is 1. The monoisotopic (exact) mass is 316 g/mol. The first-order valence-corrected chi connectivity index (χ1v) is 7.64. The molecule has 0 amide bonds. The lowest BCUT2D eigenvalue weighted by Gasteiger charge is -2.08. The van der Waals surface area contributed by atoms with Gasteiger partial charge in [0.05, 0.1) is 5.69 Å². The number of aromatic nitrogens is 1. The smallest absolute Gasteiger partial charge is 0.348 e. The molecule has 0 aliphatic carbocycles. The van der Waals surface area contributed by atoms with Gasteiger partial charge in [-0.2, -0.15) is 8.42 Å². The number of carbonyl (C=O) groups is 1. The molecule has 0 atom stereocenters. The lowest BCUT2D eigenvalue weighted by Crippen LogP contribution is -2.17. The number of hydrogen-bond donors (Lipinski definition) is 2. The highest BCUT2D eigenvalue weighted by atomic mass is 32.2. The van der Waals surface area contributed by atoms with Crippen molar-refractivity contribution in [1.82, 2.24) is 4.98 Å². The van der Waals surface area contributed by atoms with E-state index >= 15 is 0 Å². The number of aromatic carboxylic acids is 1. The van der Waals surface area contributed by atoms with E-state index in [0.717, 1.165) is 23.6 Å². The summed E-state index contributed by atoms with van der Waals surface area (Å²) in [6.07, 6.45) is 1.14. The van der Waals surface area contributed by atoms with Crippen molar-refractivity contribution in [3.63, 3.8) is 0 Å². The highest BCUT2D eigenvalue weighted by molar-refractivity contribution is 7.92. The first kappa shape index (κ1) is 14.4. The second kappa shape index (κ2) is 5.17. The van der Waals surface area contributed by atoms with E-state index in [4.69, 9.17) is 5.11 Å². The van der Waals surface area contributed by atoms with Crippen LogP contribution in [0, 0.1) is 12.7 Å². The van der Waals surface area contributed by atoms with Gasteiger partial charge in [-0.25, -0.2) is 14.2 Å². The molecule has 9 heteroatoms. The lowest BCUT2D eigenvalue weighted by molar-refractivity contribution is 0.0703. The van der Waals surface area contributed by atoms with Gasteiger partial charge >= 0.3 is 5.97 Å². The molecule has 0 bridgehead atoms. The number of anilines is 1. The predicted octanol–water partition coefficient (Wildman–Crippen LogP) is 2.09. The van der Waals surface area contributed by atoms with Crippen LogP contribution in [0.4, 0.5) is 10.1 Å². The summed E-state index contributed by atoms with van der Waals surface area (Å²) in [5.41, 5.74) is 0.361. The second-order valence-corrected chi connectivity index (χ2v) is 6.30. The van der Waals surface area contributed by atoms with Crippen LogP contribution >= 0.6 is 11.3 Å². The molecule has 20 heavy (non-hydrogen) atoms. The van der Waals surface area contributed by atoms with Gasteiger partial charge in [-0.3, -0.25) is 4.72 Å². The molecule has 2 rings (SSSR count). The molecule has 0 saturated heterocycles. The third-order valence-electron chi connectivity index (χ3n) is 2.38. The summed E-state index contributed by atoms with van der Waals surface area (Å²) >= 11 is 0.884. The highest BCUT2D eigenvalue weighted by Crippen LogP contribution is 2.29. The summed E-state index contributed by atoms with van der Waals surface area (Å²) in [5, 5.41) is 9.71. The van der Waals surface area contributed by atoms with Gasteiger partial charge in [-0.1, -0.05) is 0 Å². The molecule has 6 nitrogen and oxygen atoms in total. The minimum atomic E-state index is -4.29. The molecular weight excluding hydrogens is 307 g/mol. The van der Waals surface area contributed by atoms with E-state index in [2.05, 4.69) is 9.71 Å². The summed E-state index contributed by atoms with van der Waals surface area (Å²) in [7, 11) is -4.29. The van der Waals surface area contributed by atoms with Crippen LogP contribution in [-0.4, -0.2) is 24.5 Å². The van der Waals surface area contributed by atoms with Crippen LogP contribution in [0.1, 0.15) is 15.2 Å². The number of sulfonamides is 1. The largest absolute Gasteiger partial charge is 0.477 e. The van der Waals surface area contributed by atoms with Gasteiger partial charge in [-0.15, -0.1) is 11.3 Å². The third-order valence-corrected chi connectivity index (χ3v) is 4.75. The molecular formula is C11H9FN2O4S2. The van der Waals surface area contributed by atoms with Gasteiger partial charge < -0.3 is 5.11 Å². The Morgan fingerprint density at radius 2 is 2.20 bits per heavy atom. The van der Waals surface area contributed by atoms with Crippen LogP contribution in [0.2, 0.25) is 0 Å². The van der Waals surface area contributed by atoms with Crippen molar-refractivity contribution in [2.75, 3.05) is 4.72 Å². The van der Waals surface area contributed by atoms with E-state index in [1.165, 1.54) is 11.4 Å². The molecule has 2 aromatic heterocycles. The van der Waals surface area contributed by atoms with Crippen molar-refractivity contribution in [3.05, 3.63) is 40.0 Å². The Morgan fingerprint density at radius 1 is 1.50 bits per heavy atom. The Labute approximate surface area is 118 Å². The maximum atomic E-state index is 13.5. The topological polar surface area (TPSA) is 96.4 Å². The normalized spacial score (nSPS) is 11.3. The summed E-state index contributed by atoms with van der Waals surface area (Å²) in [4.78, 5) is 14.3. The molecule has 0 aliphatic heterocycles. The zero-order chi connectivity index (χ0) is 14.9. The van der Waals surface area contributed by atoms with Crippen molar-refractivity contribution in [2.24, 2.45) is 0 Å². The van der Waals surface area contributed by atoms with E-state index in [1.54, 1.807) is 6.92 Å². The number of rotatable bonds is 4. The number of thiophene rings is 1. The Balaban J connectivity index is 2.47. The predicted molar refractivity (Wildman–Crippen MR) is 71.0 cm³/mol. The molecule has 2 aromatic rings. The third kappa shape index (κ3) is 2.63. The maximum absolute atomic E-state index is 13.5. The quantitative estimate of drug-likeness (QED) is 0.900.